The van der Waals surface area contributed by atoms with Crippen LogP contribution in [0.15, 0.2) is 34.5 Å². The van der Waals surface area contributed by atoms with E-state index in [1.165, 1.54) is 11.1 Å². The molecule has 1 N–H and O–H groups in total. The smallest absolute Gasteiger partial charge is 0.220 e. The van der Waals surface area contributed by atoms with Crippen LogP contribution < -0.4 is 5.32 Å². The van der Waals surface area contributed by atoms with Gasteiger partial charge in [-0.3, -0.25) is 4.79 Å². The van der Waals surface area contributed by atoms with Gasteiger partial charge < -0.3 is 5.32 Å². The van der Waals surface area contributed by atoms with E-state index in [1.54, 1.807) is 0 Å². The van der Waals surface area contributed by atoms with Gasteiger partial charge in [-0.15, -0.1) is 12.3 Å². The van der Waals surface area contributed by atoms with Gasteiger partial charge in [0.25, 0.3) is 0 Å². The van der Waals surface area contributed by atoms with E-state index >= 15 is 0 Å². The molecule has 0 aromatic heterocycles. The van der Waals surface area contributed by atoms with E-state index in [0.29, 0.717) is 19.3 Å². The van der Waals surface area contributed by atoms with Crippen molar-refractivity contribution in [1.29, 1.82) is 0 Å². The fourth-order valence-corrected chi connectivity index (χ4v) is 3.15. The predicted octanol–water partition coefficient (Wildman–Crippen LogP) is 3.54. The Morgan fingerprint density at radius 1 is 1.36 bits per heavy atom. The van der Waals surface area contributed by atoms with Crippen molar-refractivity contribution >= 4 is 5.91 Å². The second kappa shape index (κ2) is 6.31. The number of hydrogen-bond acceptors (Lipinski definition) is 3. The van der Waals surface area contributed by atoms with Gasteiger partial charge in [-0.25, -0.2) is 0 Å². The monoisotopic (exact) mass is 295 g/mol. The number of carbonyl (C=O) groups excluding carboxylic acids is 1. The number of aryl methyl sites for hydroxylation is 1. The fraction of sp³-hybridized carbons (Fsp3) is 0.500. The third-order valence-electron chi connectivity index (χ3n) is 4.51. The van der Waals surface area contributed by atoms with Crippen molar-refractivity contribution in [3.8, 4) is 12.3 Å². The SMILES string of the molecule is C#CCCC1(CCC(=O)N[C@H]2CCCc3ccccc32)N=N1. The lowest BCUT2D eigenvalue weighted by molar-refractivity contribution is -0.122. The van der Waals surface area contributed by atoms with Crippen LogP contribution >= 0.6 is 0 Å². The highest BCUT2D eigenvalue weighted by Gasteiger charge is 2.39. The minimum Gasteiger partial charge on any atom is -0.349 e. The Labute approximate surface area is 131 Å². The van der Waals surface area contributed by atoms with E-state index in [-0.39, 0.29) is 17.6 Å². The van der Waals surface area contributed by atoms with Crippen LogP contribution in [0.5, 0.6) is 0 Å². The van der Waals surface area contributed by atoms with Crippen LogP contribution in [-0.4, -0.2) is 11.6 Å². The molecule has 114 valence electrons. The molecule has 1 aromatic carbocycles. The van der Waals surface area contributed by atoms with Crippen molar-refractivity contribution in [2.45, 2.75) is 56.7 Å². The average molecular weight is 295 g/mol. The molecule has 3 rings (SSSR count). The standard InChI is InChI=1S/C18H21N3O/c1-2-3-12-18(20-21-18)13-11-17(22)19-16-10-6-8-14-7-4-5-9-15(14)16/h1,4-5,7,9,16H,3,6,8,10-13H2,(H,19,22)/t16-/m0/s1. The van der Waals surface area contributed by atoms with E-state index < -0.39 is 0 Å². The molecule has 0 spiro atoms. The number of amides is 1. The number of nitrogens with one attached hydrogen (secondary N) is 1. The summed E-state index contributed by atoms with van der Waals surface area (Å²) in [6.45, 7) is 0. The highest BCUT2D eigenvalue weighted by Crippen LogP contribution is 2.37. The van der Waals surface area contributed by atoms with E-state index in [0.717, 1.165) is 25.7 Å². The van der Waals surface area contributed by atoms with Crippen LogP contribution in [0.4, 0.5) is 0 Å². The first-order valence-electron chi connectivity index (χ1n) is 7.97. The zero-order valence-corrected chi connectivity index (χ0v) is 12.7. The Balaban J connectivity index is 1.52. The Kier molecular flexibility index (Phi) is 4.24. The molecular weight excluding hydrogens is 274 g/mol. The summed E-state index contributed by atoms with van der Waals surface area (Å²) < 4.78 is 0. The maximum Gasteiger partial charge on any atom is 0.220 e. The summed E-state index contributed by atoms with van der Waals surface area (Å²) in [4.78, 5) is 12.2. The first-order valence-corrected chi connectivity index (χ1v) is 7.97. The highest BCUT2D eigenvalue weighted by atomic mass is 16.1. The number of nitrogens with zero attached hydrogens (tertiary/aromatic N) is 2. The van der Waals surface area contributed by atoms with Crippen LogP contribution in [-0.2, 0) is 11.2 Å². The number of hydrogen-bond donors (Lipinski definition) is 1. The number of terminal acetylenes is 1. The fourth-order valence-electron chi connectivity index (χ4n) is 3.15. The predicted molar refractivity (Wildman–Crippen MR) is 85.2 cm³/mol. The summed E-state index contributed by atoms with van der Waals surface area (Å²) in [5, 5.41) is 11.3. The zero-order chi connectivity index (χ0) is 15.4. The molecule has 0 unspecified atom stereocenters. The molecule has 1 heterocycles. The summed E-state index contributed by atoms with van der Waals surface area (Å²) >= 11 is 0. The van der Waals surface area contributed by atoms with Crippen molar-refractivity contribution in [3.63, 3.8) is 0 Å². The molecule has 0 saturated heterocycles. The van der Waals surface area contributed by atoms with Crippen LogP contribution in [0.1, 0.15) is 55.7 Å². The van der Waals surface area contributed by atoms with Crippen molar-refractivity contribution in [2.24, 2.45) is 10.2 Å². The molecule has 0 radical (unpaired) electrons. The molecule has 22 heavy (non-hydrogen) atoms. The average Bonchev–Trinajstić information content (AvgIpc) is 3.32. The molecule has 0 fully saturated rings. The molecule has 1 amide bonds. The summed E-state index contributed by atoms with van der Waals surface area (Å²) in [6.07, 6.45) is 11.0. The van der Waals surface area contributed by atoms with Crippen LogP contribution in [0.3, 0.4) is 0 Å². The first kappa shape index (κ1) is 14.8. The number of rotatable bonds is 6. The molecule has 1 atom stereocenters. The van der Waals surface area contributed by atoms with E-state index in [9.17, 15) is 4.79 Å². The van der Waals surface area contributed by atoms with Gasteiger partial charge in [-0.2, -0.15) is 10.2 Å². The normalized spacial score (nSPS) is 20.8. The Morgan fingerprint density at radius 3 is 2.95 bits per heavy atom. The first-order chi connectivity index (χ1) is 10.7. The Bertz CT molecular complexity index is 623. The van der Waals surface area contributed by atoms with Crippen LogP contribution in [0.2, 0.25) is 0 Å². The summed E-state index contributed by atoms with van der Waals surface area (Å²) in [5.41, 5.74) is 2.26. The molecule has 1 aliphatic heterocycles. The molecular formula is C18H21N3O. The van der Waals surface area contributed by atoms with E-state index in [4.69, 9.17) is 6.42 Å². The number of benzene rings is 1. The third-order valence-corrected chi connectivity index (χ3v) is 4.51. The molecule has 0 saturated carbocycles. The maximum atomic E-state index is 12.2. The number of carbonyl (C=O) groups is 1. The van der Waals surface area contributed by atoms with Gasteiger partial charge >= 0.3 is 0 Å². The van der Waals surface area contributed by atoms with Gasteiger partial charge in [-0.1, -0.05) is 24.3 Å². The van der Waals surface area contributed by atoms with Crippen molar-refractivity contribution in [1.82, 2.24) is 5.32 Å². The molecule has 0 bridgehead atoms. The lowest BCUT2D eigenvalue weighted by atomic mass is 9.87. The Hall–Kier alpha value is -2.15. The van der Waals surface area contributed by atoms with Gasteiger partial charge in [0.2, 0.25) is 5.91 Å². The lowest BCUT2D eigenvalue weighted by Gasteiger charge is -2.26. The third kappa shape index (κ3) is 3.36. The zero-order valence-electron chi connectivity index (χ0n) is 12.7. The minimum absolute atomic E-state index is 0.0825. The maximum absolute atomic E-state index is 12.2. The Morgan fingerprint density at radius 2 is 2.18 bits per heavy atom. The lowest BCUT2D eigenvalue weighted by Crippen LogP contribution is -2.31. The second-order valence-electron chi connectivity index (χ2n) is 6.10. The second-order valence-corrected chi connectivity index (χ2v) is 6.10. The number of fused-ring (bicyclic) bond motifs is 1. The van der Waals surface area contributed by atoms with Gasteiger partial charge in [-0.05, 0) is 30.4 Å². The summed E-state index contributed by atoms with van der Waals surface area (Å²) in [6, 6.07) is 8.53. The molecule has 1 aliphatic carbocycles. The van der Waals surface area contributed by atoms with Crippen LogP contribution in [0.25, 0.3) is 0 Å². The summed E-state index contributed by atoms with van der Waals surface area (Å²) in [7, 11) is 0. The highest BCUT2D eigenvalue weighted by molar-refractivity contribution is 5.76. The summed E-state index contributed by atoms with van der Waals surface area (Å²) in [5.74, 6) is 2.69. The molecule has 4 heteroatoms. The van der Waals surface area contributed by atoms with Gasteiger partial charge in [0.15, 0.2) is 5.66 Å². The van der Waals surface area contributed by atoms with E-state index in [1.807, 2.05) is 6.07 Å². The van der Waals surface area contributed by atoms with Crippen molar-refractivity contribution in [3.05, 3.63) is 35.4 Å². The largest absolute Gasteiger partial charge is 0.349 e. The van der Waals surface area contributed by atoms with Crippen molar-refractivity contribution in [2.75, 3.05) is 0 Å². The van der Waals surface area contributed by atoms with Gasteiger partial charge in [0.1, 0.15) is 0 Å². The molecule has 4 nitrogen and oxygen atoms in total. The minimum atomic E-state index is -0.367. The van der Waals surface area contributed by atoms with Gasteiger partial charge in [0.05, 0.1) is 6.04 Å². The van der Waals surface area contributed by atoms with Crippen molar-refractivity contribution < 1.29 is 4.79 Å². The molecule has 2 aliphatic rings. The molecule has 1 aromatic rings. The van der Waals surface area contributed by atoms with Crippen LogP contribution in [0, 0.1) is 12.3 Å². The quantitative estimate of drug-likeness (QED) is 0.802. The topological polar surface area (TPSA) is 53.8 Å². The van der Waals surface area contributed by atoms with E-state index in [2.05, 4.69) is 39.7 Å². The van der Waals surface area contributed by atoms with Gasteiger partial charge in [0, 0.05) is 25.7 Å².